The lowest BCUT2D eigenvalue weighted by Crippen LogP contribution is -2.31. The molecule has 3 N–H and O–H groups in total. The van der Waals surface area contributed by atoms with Crippen LogP contribution in [-0.2, 0) is 10.0 Å². The van der Waals surface area contributed by atoms with Crippen molar-refractivity contribution in [3.63, 3.8) is 0 Å². The van der Waals surface area contributed by atoms with Gasteiger partial charge in [-0.25, -0.2) is 13.1 Å². The summed E-state index contributed by atoms with van der Waals surface area (Å²) in [5.74, 6) is 1.31. The molecule has 1 aliphatic carbocycles. The van der Waals surface area contributed by atoms with Crippen LogP contribution in [0.1, 0.15) is 39.0 Å². The van der Waals surface area contributed by atoms with Gasteiger partial charge in [0.25, 0.3) is 0 Å². The van der Waals surface area contributed by atoms with E-state index in [9.17, 15) is 8.42 Å². The largest absolute Gasteiger partial charge is 0.399 e. The van der Waals surface area contributed by atoms with Gasteiger partial charge in [0, 0.05) is 12.2 Å². The molecule has 0 atom stereocenters. The van der Waals surface area contributed by atoms with Crippen LogP contribution >= 0.6 is 0 Å². The third kappa shape index (κ3) is 3.96. The second kappa shape index (κ2) is 6.59. The molecule has 1 aromatic rings. The molecule has 1 saturated carbocycles. The number of nitrogens with one attached hydrogen (secondary N) is 1. The number of rotatable bonds is 5. The van der Waals surface area contributed by atoms with Crippen molar-refractivity contribution < 1.29 is 8.42 Å². The number of nitrogens with two attached hydrogens (primary N) is 1. The van der Waals surface area contributed by atoms with Crippen LogP contribution in [0.2, 0.25) is 0 Å². The standard InChI is InChI=1S/C15H24N2O2S/c1-2-12-3-5-13(6-4-12)11-17-20(18,19)15-9-7-14(16)8-10-15/h7-10,12-13,17H,2-6,11,16H2,1H3. The van der Waals surface area contributed by atoms with Gasteiger partial charge in [-0.1, -0.05) is 26.2 Å². The van der Waals surface area contributed by atoms with Gasteiger partial charge in [-0.2, -0.15) is 0 Å². The molecular formula is C15H24N2O2S. The van der Waals surface area contributed by atoms with Crippen LogP contribution < -0.4 is 10.5 Å². The monoisotopic (exact) mass is 296 g/mol. The Morgan fingerprint density at radius 2 is 1.65 bits per heavy atom. The van der Waals surface area contributed by atoms with Crippen molar-refractivity contribution in [2.24, 2.45) is 11.8 Å². The molecule has 4 nitrogen and oxygen atoms in total. The number of hydrogen-bond donors (Lipinski definition) is 2. The van der Waals surface area contributed by atoms with Crippen molar-refractivity contribution in [1.82, 2.24) is 4.72 Å². The third-order valence-corrected chi connectivity index (χ3v) is 5.74. The molecule has 1 aliphatic rings. The maximum Gasteiger partial charge on any atom is 0.240 e. The van der Waals surface area contributed by atoms with E-state index in [1.54, 1.807) is 24.3 Å². The molecule has 20 heavy (non-hydrogen) atoms. The predicted octanol–water partition coefficient (Wildman–Crippen LogP) is 2.76. The van der Waals surface area contributed by atoms with Gasteiger partial charge in [0.1, 0.15) is 0 Å². The second-order valence-electron chi connectivity index (χ2n) is 5.72. The summed E-state index contributed by atoms with van der Waals surface area (Å²) in [6.07, 6.45) is 5.95. The quantitative estimate of drug-likeness (QED) is 0.821. The number of hydrogen-bond acceptors (Lipinski definition) is 3. The molecule has 0 bridgehead atoms. The van der Waals surface area contributed by atoms with Crippen LogP contribution in [0.15, 0.2) is 29.2 Å². The number of anilines is 1. The summed E-state index contributed by atoms with van der Waals surface area (Å²) < 4.78 is 27.0. The van der Waals surface area contributed by atoms with E-state index in [0.717, 1.165) is 18.8 Å². The minimum atomic E-state index is -3.40. The summed E-state index contributed by atoms with van der Waals surface area (Å²) in [5, 5.41) is 0. The zero-order chi connectivity index (χ0) is 14.6. The van der Waals surface area contributed by atoms with Gasteiger partial charge in [-0.15, -0.1) is 0 Å². The van der Waals surface area contributed by atoms with Crippen LogP contribution in [0.4, 0.5) is 5.69 Å². The number of sulfonamides is 1. The SMILES string of the molecule is CCC1CCC(CNS(=O)(=O)c2ccc(N)cc2)CC1. The summed E-state index contributed by atoms with van der Waals surface area (Å²) >= 11 is 0. The first-order chi connectivity index (χ1) is 9.51. The zero-order valence-corrected chi connectivity index (χ0v) is 12.8. The molecule has 5 heteroatoms. The van der Waals surface area contributed by atoms with Crippen molar-refractivity contribution in [1.29, 1.82) is 0 Å². The average molecular weight is 296 g/mol. The molecule has 0 radical (unpaired) electrons. The highest BCUT2D eigenvalue weighted by atomic mass is 32.2. The molecule has 2 rings (SSSR count). The lowest BCUT2D eigenvalue weighted by atomic mass is 9.81. The van der Waals surface area contributed by atoms with E-state index in [0.29, 0.717) is 18.2 Å². The Hall–Kier alpha value is -1.07. The Labute approximate surface area is 121 Å². The van der Waals surface area contributed by atoms with Gasteiger partial charge in [0.15, 0.2) is 0 Å². The van der Waals surface area contributed by atoms with Crippen LogP contribution in [0, 0.1) is 11.8 Å². The first-order valence-electron chi connectivity index (χ1n) is 7.36. The van der Waals surface area contributed by atoms with Crippen molar-refractivity contribution in [3.8, 4) is 0 Å². The van der Waals surface area contributed by atoms with Crippen LogP contribution in [0.3, 0.4) is 0 Å². The predicted molar refractivity (Wildman–Crippen MR) is 81.8 cm³/mol. The van der Waals surface area contributed by atoms with E-state index in [1.165, 1.54) is 19.3 Å². The highest BCUT2D eigenvalue weighted by Crippen LogP contribution is 2.30. The van der Waals surface area contributed by atoms with E-state index < -0.39 is 10.0 Å². The second-order valence-corrected chi connectivity index (χ2v) is 7.48. The van der Waals surface area contributed by atoms with Crippen LogP contribution in [0.25, 0.3) is 0 Å². The van der Waals surface area contributed by atoms with Crippen molar-refractivity contribution in [2.45, 2.75) is 43.9 Å². The Morgan fingerprint density at radius 1 is 1.10 bits per heavy atom. The normalized spacial score (nSPS) is 23.6. The van der Waals surface area contributed by atoms with E-state index in [2.05, 4.69) is 11.6 Å². The maximum atomic E-state index is 12.2. The highest BCUT2D eigenvalue weighted by Gasteiger charge is 2.22. The first kappa shape index (κ1) is 15.3. The topological polar surface area (TPSA) is 72.2 Å². The Bertz CT molecular complexity index is 517. The molecule has 0 aromatic heterocycles. The van der Waals surface area contributed by atoms with Gasteiger partial charge in [-0.05, 0) is 48.9 Å². The maximum absolute atomic E-state index is 12.2. The van der Waals surface area contributed by atoms with Gasteiger partial charge in [-0.3, -0.25) is 0 Å². The molecule has 0 aliphatic heterocycles. The summed E-state index contributed by atoms with van der Waals surface area (Å²) in [5.41, 5.74) is 6.14. The highest BCUT2D eigenvalue weighted by molar-refractivity contribution is 7.89. The minimum Gasteiger partial charge on any atom is -0.399 e. The van der Waals surface area contributed by atoms with Gasteiger partial charge >= 0.3 is 0 Å². The van der Waals surface area contributed by atoms with Crippen molar-refractivity contribution in [2.75, 3.05) is 12.3 Å². The Kier molecular flexibility index (Phi) is 5.05. The van der Waals surface area contributed by atoms with Crippen molar-refractivity contribution in [3.05, 3.63) is 24.3 Å². The molecule has 0 saturated heterocycles. The fourth-order valence-electron chi connectivity index (χ4n) is 2.80. The molecule has 1 fully saturated rings. The molecule has 0 heterocycles. The molecule has 0 spiro atoms. The van der Waals surface area contributed by atoms with E-state index in [4.69, 9.17) is 5.73 Å². The van der Waals surface area contributed by atoms with E-state index in [1.807, 2.05) is 0 Å². The fourth-order valence-corrected chi connectivity index (χ4v) is 3.92. The summed E-state index contributed by atoms with van der Waals surface area (Å²) in [6, 6.07) is 6.32. The average Bonchev–Trinajstić information content (AvgIpc) is 2.46. The minimum absolute atomic E-state index is 0.286. The molecule has 1 aromatic carbocycles. The molecule has 112 valence electrons. The third-order valence-electron chi connectivity index (χ3n) is 4.30. The first-order valence-corrected chi connectivity index (χ1v) is 8.84. The van der Waals surface area contributed by atoms with Crippen molar-refractivity contribution >= 4 is 15.7 Å². The van der Waals surface area contributed by atoms with Gasteiger partial charge < -0.3 is 5.73 Å². The summed E-state index contributed by atoms with van der Waals surface area (Å²) in [4.78, 5) is 0.286. The Balaban J connectivity index is 1.88. The molecule has 0 unspecified atom stereocenters. The lowest BCUT2D eigenvalue weighted by molar-refractivity contribution is 0.270. The smallest absolute Gasteiger partial charge is 0.240 e. The fraction of sp³-hybridized carbons (Fsp3) is 0.600. The molecular weight excluding hydrogens is 272 g/mol. The molecule has 0 amide bonds. The zero-order valence-electron chi connectivity index (χ0n) is 12.0. The van der Waals surface area contributed by atoms with E-state index in [-0.39, 0.29) is 4.90 Å². The van der Waals surface area contributed by atoms with Crippen LogP contribution in [0.5, 0.6) is 0 Å². The lowest BCUT2D eigenvalue weighted by Gasteiger charge is -2.27. The number of nitrogen functional groups attached to an aromatic ring is 1. The van der Waals surface area contributed by atoms with Gasteiger partial charge in [0.2, 0.25) is 10.0 Å². The summed E-state index contributed by atoms with van der Waals surface area (Å²) in [7, 11) is -3.40. The Morgan fingerprint density at radius 3 is 2.20 bits per heavy atom. The van der Waals surface area contributed by atoms with Crippen LogP contribution in [-0.4, -0.2) is 15.0 Å². The summed E-state index contributed by atoms with van der Waals surface area (Å²) in [6.45, 7) is 2.78. The van der Waals surface area contributed by atoms with E-state index >= 15 is 0 Å². The number of benzene rings is 1. The van der Waals surface area contributed by atoms with Gasteiger partial charge in [0.05, 0.1) is 4.90 Å².